The second kappa shape index (κ2) is 7.33. The van der Waals surface area contributed by atoms with Crippen LogP contribution in [0.15, 0.2) is 60.7 Å². The predicted octanol–water partition coefficient (Wildman–Crippen LogP) is 5.53. The summed E-state index contributed by atoms with van der Waals surface area (Å²) < 4.78 is 0. The number of phenolic OH excluding ortho intramolecular Hbond substituents is 1. The first-order valence-electron chi connectivity index (χ1n) is 10.2. The molecule has 1 aliphatic carbocycles. The van der Waals surface area contributed by atoms with Crippen LogP contribution in [0.25, 0.3) is 21.5 Å². The van der Waals surface area contributed by atoms with E-state index in [1.807, 2.05) is 30.3 Å². The Morgan fingerprint density at radius 3 is 2.53 bits per heavy atom. The van der Waals surface area contributed by atoms with E-state index in [1.54, 1.807) is 0 Å². The molecular weight excluding hydrogens is 394 g/mol. The van der Waals surface area contributed by atoms with Gasteiger partial charge >= 0.3 is 0 Å². The highest BCUT2D eigenvalue weighted by molar-refractivity contribution is 6.30. The van der Waals surface area contributed by atoms with Crippen LogP contribution in [0.1, 0.15) is 28.7 Å². The van der Waals surface area contributed by atoms with Crippen molar-refractivity contribution < 1.29 is 9.90 Å². The van der Waals surface area contributed by atoms with E-state index < -0.39 is 0 Å². The molecule has 0 spiro atoms. The van der Waals surface area contributed by atoms with Gasteiger partial charge in [-0.15, -0.1) is 0 Å². The molecular formula is C26H22ClNO2. The Morgan fingerprint density at radius 2 is 1.77 bits per heavy atom. The quantitative estimate of drug-likeness (QED) is 0.432. The number of benzene rings is 4. The van der Waals surface area contributed by atoms with Crippen LogP contribution in [-0.4, -0.2) is 11.0 Å². The summed E-state index contributed by atoms with van der Waals surface area (Å²) in [6, 6.07) is 20.2. The summed E-state index contributed by atoms with van der Waals surface area (Å²) in [5.41, 5.74) is 10.1. The zero-order chi connectivity index (χ0) is 20.8. The molecule has 1 aliphatic rings. The Balaban J connectivity index is 1.60. The summed E-state index contributed by atoms with van der Waals surface area (Å²) in [6.45, 7) is 0. The van der Waals surface area contributed by atoms with Crippen LogP contribution in [0.3, 0.4) is 0 Å². The number of fused-ring (bicyclic) bond motifs is 5. The molecule has 0 bridgehead atoms. The number of carbonyl (C=O) groups is 1. The summed E-state index contributed by atoms with van der Waals surface area (Å²) in [5, 5.41) is 15.8. The molecule has 3 N–H and O–H groups in total. The van der Waals surface area contributed by atoms with E-state index in [4.69, 9.17) is 17.3 Å². The number of halogens is 1. The second-order valence-corrected chi connectivity index (χ2v) is 8.65. The first kappa shape index (κ1) is 19.0. The summed E-state index contributed by atoms with van der Waals surface area (Å²) in [6.07, 6.45) is 3.02. The number of hydrogen-bond donors (Lipinski definition) is 2. The van der Waals surface area contributed by atoms with Gasteiger partial charge in [-0.05, 0) is 87.3 Å². The molecule has 150 valence electrons. The average molecular weight is 416 g/mol. The number of hydrogen-bond acceptors (Lipinski definition) is 2. The first-order chi connectivity index (χ1) is 14.5. The Morgan fingerprint density at radius 1 is 1.00 bits per heavy atom. The molecule has 4 heteroatoms. The van der Waals surface area contributed by atoms with Crippen molar-refractivity contribution in [2.45, 2.75) is 25.7 Å². The van der Waals surface area contributed by atoms with Crippen LogP contribution < -0.4 is 5.73 Å². The smallest absolute Gasteiger partial charge is 0.220 e. The molecule has 0 aromatic heterocycles. The highest BCUT2D eigenvalue weighted by atomic mass is 35.5. The molecule has 0 saturated heterocycles. The number of carbonyl (C=O) groups excluding carboxylic acids is 1. The highest BCUT2D eigenvalue weighted by Gasteiger charge is 2.24. The molecule has 4 aromatic rings. The fourth-order valence-corrected chi connectivity index (χ4v) is 4.82. The fourth-order valence-electron chi connectivity index (χ4n) is 4.69. The lowest BCUT2D eigenvalue weighted by Gasteiger charge is -2.24. The number of aromatic hydroxyl groups is 1. The number of phenols is 1. The molecule has 0 aliphatic heterocycles. The molecule has 0 radical (unpaired) electrons. The summed E-state index contributed by atoms with van der Waals surface area (Å²) in [5.74, 6) is -0.0328. The van der Waals surface area contributed by atoms with Gasteiger partial charge in [0.15, 0.2) is 0 Å². The minimum Gasteiger partial charge on any atom is -0.508 e. The van der Waals surface area contributed by atoms with E-state index in [0.29, 0.717) is 17.9 Å². The number of nitrogens with two attached hydrogens (primary N) is 1. The standard InChI is InChI=1S/C26H22ClNO2/c27-20-7-1-15(2-8-20)11-19-12-17-6-10-21-22(24(17)14-25(19)29)9-5-16-3-4-18(26(28)30)13-23(16)21/h1-2,5-10,12,14,18,29H,3-4,11,13H2,(H2,28,30). The maximum Gasteiger partial charge on any atom is 0.220 e. The first-order valence-corrected chi connectivity index (χ1v) is 10.6. The molecule has 1 amide bonds. The van der Waals surface area contributed by atoms with E-state index in [0.717, 1.165) is 45.5 Å². The van der Waals surface area contributed by atoms with Gasteiger partial charge in [-0.25, -0.2) is 0 Å². The van der Waals surface area contributed by atoms with Gasteiger partial charge < -0.3 is 10.8 Å². The Bertz CT molecular complexity index is 1290. The van der Waals surface area contributed by atoms with Crippen molar-refractivity contribution in [3.05, 3.63) is 87.9 Å². The van der Waals surface area contributed by atoms with Gasteiger partial charge in [-0.2, -0.15) is 0 Å². The number of amides is 1. The van der Waals surface area contributed by atoms with Gasteiger partial charge in [0.2, 0.25) is 5.91 Å². The molecule has 0 heterocycles. The van der Waals surface area contributed by atoms with Crippen molar-refractivity contribution in [2.24, 2.45) is 11.7 Å². The van der Waals surface area contributed by atoms with Crippen LogP contribution in [0, 0.1) is 5.92 Å². The van der Waals surface area contributed by atoms with Gasteiger partial charge in [-0.3, -0.25) is 4.79 Å². The lowest BCUT2D eigenvalue weighted by atomic mass is 9.80. The number of rotatable bonds is 3. The lowest BCUT2D eigenvalue weighted by Crippen LogP contribution is -2.28. The Hall–Kier alpha value is -3.04. The van der Waals surface area contributed by atoms with Gasteiger partial charge in [-0.1, -0.05) is 48.0 Å². The van der Waals surface area contributed by atoms with Crippen molar-refractivity contribution >= 4 is 39.1 Å². The Kier molecular flexibility index (Phi) is 4.63. The normalized spacial score (nSPS) is 16.0. The topological polar surface area (TPSA) is 63.3 Å². The summed E-state index contributed by atoms with van der Waals surface area (Å²) >= 11 is 5.98. The average Bonchev–Trinajstić information content (AvgIpc) is 2.75. The van der Waals surface area contributed by atoms with Crippen molar-refractivity contribution in [1.29, 1.82) is 0 Å². The third kappa shape index (κ3) is 3.29. The van der Waals surface area contributed by atoms with Crippen molar-refractivity contribution in [3.8, 4) is 5.75 Å². The Labute approximate surface area is 180 Å². The molecule has 4 aromatic carbocycles. The van der Waals surface area contributed by atoms with E-state index in [1.165, 1.54) is 11.1 Å². The maximum absolute atomic E-state index is 11.7. The molecule has 3 nitrogen and oxygen atoms in total. The van der Waals surface area contributed by atoms with Crippen LogP contribution in [0.2, 0.25) is 5.02 Å². The molecule has 1 unspecified atom stereocenters. The second-order valence-electron chi connectivity index (χ2n) is 8.21. The largest absolute Gasteiger partial charge is 0.508 e. The number of primary amides is 1. The van der Waals surface area contributed by atoms with Crippen LogP contribution in [0.4, 0.5) is 0 Å². The van der Waals surface area contributed by atoms with Crippen LogP contribution in [-0.2, 0) is 24.1 Å². The van der Waals surface area contributed by atoms with Crippen LogP contribution >= 0.6 is 11.6 Å². The van der Waals surface area contributed by atoms with Crippen molar-refractivity contribution in [1.82, 2.24) is 0 Å². The summed E-state index contributed by atoms with van der Waals surface area (Å²) in [7, 11) is 0. The molecule has 30 heavy (non-hydrogen) atoms. The molecule has 0 saturated carbocycles. The summed E-state index contributed by atoms with van der Waals surface area (Å²) in [4.78, 5) is 11.7. The predicted molar refractivity (Wildman–Crippen MR) is 122 cm³/mol. The molecule has 5 rings (SSSR count). The monoisotopic (exact) mass is 415 g/mol. The van der Waals surface area contributed by atoms with Crippen LogP contribution in [0.5, 0.6) is 5.75 Å². The van der Waals surface area contributed by atoms with Gasteiger partial charge in [0, 0.05) is 17.4 Å². The number of aryl methyl sites for hydroxylation is 1. The SMILES string of the molecule is NC(=O)C1CCc2ccc3c(ccc4cc(Cc5ccc(Cl)cc5)c(O)cc43)c2C1. The zero-order valence-electron chi connectivity index (χ0n) is 16.5. The maximum atomic E-state index is 11.7. The van der Waals surface area contributed by atoms with Crippen molar-refractivity contribution in [2.75, 3.05) is 0 Å². The minimum absolute atomic E-state index is 0.103. The third-order valence-electron chi connectivity index (χ3n) is 6.35. The lowest BCUT2D eigenvalue weighted by molar-refractivity contribution is -0.122. The zero-order valence-corrected chi connectivity index (χ0v) is 17.2. The van der Waals surface area contributed by atoms with E-state index >= 15 is 0 Å². The fraction of sp³-hybridized carbons (Fsp3) is 0.192. The van der Waals surface area contributed by atoms with E-state index in [9.17, 15) is 9.90 Å². The van der Waals surface area contributed by atoms with Crippen molar-refractivity contribution in [3.63, 3.8) is 0 Å². The molecule has 0 fully saturated rings. The third-order valence-corrected chi connectivity index (χ3v) is 6.60. The van der Waals surface area contributed by atoms with Gasteiger partial charge in [0.25, 0.3) is 0 Å². The van der Waals surface area contributed by atoms with Gasteiger partial charge in [0.05, 0.1) is 0 Å². The van der Waals surface area contributed by atoms with E-state index in [2.05, 4.69) is 30.3 Å². The van der Waals surface area contributed by atoms with E-state index in [-0.39, 0.29) is 17.6 Å². The highest BCUT2D eigenvalue weighted by Crippen LogP contribution is 2.37. The molecule has 1 atom stereocenters. The van der Waals surface area contributed by atoms with Gasteiger partial charge in [0.1, 0.15) is 5.75 Å². The minimum atomic E-state index is -0.220.